The first-order chi connectivity index (χ1) is 8.75. The molecule has 0 atom stereocenters. The standard InChI is InChI=1S/C12H18F3NO3/c13-12(14,15)7-4-9(17)16-8-11(10(18)19)5-2-1-3-6-11/h1-8H2,(H,16,17)(H,18,19). The van der Waals surface area contributed by atoms with E-state index in [0.29, 0.717) is 12.8 Å². The number of aliphatic carboxylic acids is 1. The third-order valence-corrected chi connectivity index (χ3v) is 3.52. The van der Waals surface area contributed by atoms with Gasteiger partial charge in [-0.05, 0) is 12.8 Å². The molecule has 0 spiro atoms. The number of alkyl halides is 3. The van der Waals surface area contributed by atoms with Crippen LogP contribution < -0.4 is 5.32 Å². The first-order valence-corrected chi connectivity index (χ1v) is 6.32. The summed E-state index contributed by atoms with van der Waals surface area (Å²) < 4.78 is 35.8. The maximum absolute atomic E-state index is 11.9. The molecule has 4 nitrogen and oxygen atoms in total. The van der Waals surface area contributed by atoms with Gasteiger partial charge in [-0.15, -0.1) is 0 Å². The molecule has 2 N–H and O–H groups in total. The molecule has 0 unspecified atom stereocenters. The van der Waals surface area contributed by atoms with Gasteiger partial charge < -0.3 is 10.4 Å². The maximum Gasteiger partial charge on any atom is 0.389 e. The zero-order valence-corrected chi connectivity index (χ0v) is 10.6. The summed E-state index contributed by atoms with van der Waals surface area (Å²) in [5.74, 6) is -1.73. The van der Waals surface area contributed by atoms with Gasteiger partial charge in [0, 0.05) is 13.0 Å². The maximum atomic E-state index is 11.9. The molecule has 7 heteroatoms. The molecule has 110 valence electrons. The van der Waals surface area contributed by atoms with Gasteiger partial charge >= 0.3 is 12.1 Å². The van der Waals surface area contributed by atoms with E-state index in [0.717, 1.165) is 19.3 Å². The van der Waals surface area contributed by atoms with Gasteiger partial charge in [-0.1, -0.05) is 19.3 Å². The molecular weight excluding hydrogens is 263 g/mol. The van der Waals surface area contributed by atoms with Crippen molar-refractivity contribution in [3.8, 4) is 0 Å². The van der Waals surface area contributed by atoms with Crippen molar-refractivity contribution in [1.29, 1.82) is 0 Å². The van der Waals surface area contributed by atoms with E-state index in [9.17, 15) is 27.9 Å². The average Bonchev–Trinajstić information content (AvgIpc) is 2.34. The fraction of sp³-hybridized carbons (Fsp3) is 0.833. The summed E-state index contributed by atoms with van der Waals surface area (Å²) in [5, 5.41) is 11.6. The molecule has 0 aromatic heterocycles. The molecule has 1 fully saturated rings. The Hall–Kier alpha value is -1.27. The van der Waals surface area contributed by atoms with Crippen molar-refractivity contribution in [2.24, 2.45) is 5.41 Å². The first kappa shape index (κ1) is 15.8. The summed E-state index contributed by atoms with van der Waals surface area (Å²) in [4.78, 5) is 22.6. The number of halogens is 3. The van der Waals surface area contributed by atoms with E-state index in [4.69, 9.17) is 0 Å². The minimum absolute atomic E-state index is 0.0843. The Balaban J connectivity index is 2.44. The largest absolute Gasteiger partial charge is 0.481 e. The summed E-state index contributed by atoms with van der Waals surface area (Å²) in [6.45, 7) is -0.0843. The Morgan fingerprint density at radius 2 is 1.74 bits per heavy atom. The van der Waals surface area contributed by atoms with Gasteiger partial charge in [-0.2, -0.15) is 13.2 Å². The SMILES string of the molecule is O=C(CCC(F)(F)F)NCC1(C(=O)O)CCCCC1. The second-order valence-electron chi connectivity index (χ2n) is 5.04. The van der Waals surface area contributed by atoms with Crippen molar-refractivity contribution in [2.45, 2.75) is 51.1 Å². The van der Waals surface area contributed by atoms with Gasteiger partial charge in [0.25, 0.3) is 0 Å². The van der Waals surface area contributed by atoms with E-state index < -0.39 is 36.3 Å². The lowest BCUT2D eigenvalue weighted by Gasteiger charge is -2.33. The fourth-order valence-electron chi connectivity index (χ4n) is 2.31. The number of carboxylic acid groups (broad SMARTS) is 1. The summed E-state index contributed by atoms with van der Waals surface area (Å²) in [6, 6.07) is 0. The molecule has 0 saturated heterocycles. The van der Waals surface area contributed by atoms with Gasteiger partial charge in [0.1, 0.15) is 0 Å². The van der Waals surface area contributed by atoms with Crippen molar-refractivity contribution in [1.82, 2.24) is 5.32 Å². The molecule has 1 aliphatic rings. The molecule has 0 bridgehead atoms. The predicted octanol–water partition coefficient (Wildman–Crippen LogP) is 2.48. The number of hydrogen-bond donors (Lipinski definition) is 2. The molecule has 0 heterocycles. The number of carbonyl (C=O) groups is 2. The predicted molar refractivity (Wildman–Crippen MR) is 61.5 cm³/mol. The highest BCUT2D eigenvalue weighted by Gasteiger charge is 2.40. The summed E-state index contributed by atoms with van der Waals surface area (Å²) in [7, 11) is 0. The summed E-state index contributed by atoms with van der Waals surface area (Å²) in [6.07, 6.45) is -2.79. The number of amides is 1. The van der Waals surface area contributed by atoms with Gasteiger partial charge in [-0.25, -0.2) is 0 Å². The molecule has 19 heavy (non-hydrogen) atoms. The Bertz CT molecular complexity index is 336. The van der Waals surface area contributed by atoms with E-state index >= 15 is 0 Å². The monoisotopic (exact) mass is 281 g/mol. The molecule has 0 aromatic carbocycles. The van der Waals surface area contributed by atoms with Crippen LogP contribution in [0.25, 0.3) is 0 Å². The Morgan fingerprint density at radius 1 is 1.16 bits per heavy atom. The van der Waals surface area contributed by atoms with E-state index in [1.807, 2.05) is 0 Å². The zero-order chi connectivity index (χ0) is 14.5. The van der Waals surface area contributed by atoms with Gasteiger partial charge in [0.05, 0.1) is 11.8 Å². The molecule has 0 radical (unpaired) electrons. The van der Waals surface area contributed by atoms with E-state index in [1.54, 1.807) is 0 Å². The lowest BCUT2D eigenvalue weighted by Crippen LogP contribution is -2.44. The van der Waals surface area contributed by atoms with E-state index in [1.165, 1.54) is 0 Å². The van der Waals surface area contributed by atoms with Crippen molar-refractivity contribution in [3.63, 3.8) is 0 Å². The average molecular weight is 281 g/mol. The minimum Gasteiger partial charge on any atom is -0.481 e. The van der Waals surface area contributed by atoms with Gasteiger partial charge in [0.2, 0.25) is 5.91 Å². The molecule has 1 rings (SSSR count). The van der Waals surface area contributed by atoms with E-state index in [-0.39, 0.29) is 6.54 Å². The smallest absolute Gasteiger partial charge is 0.389 e. The van der Waals surface area contributed by atoms with Gasteiger partial charge in [-0.3, -0.25) is 9.59 Å². The molecular formula is C12H18F3NO3. The number of nitrogens with one attached hydrogen (secondary N) is 1. The van der Waals surface area contributed by atoms with Crippen molar-refractivity contribution >= 4 is 11.9 Å². The van der Waals surface area contributed by atoms with Gasteiger partial charge in [0.15, 0.2) is 0 Å². The highest BCUT2D eigenvalue weighted by Crippen LogP contribution is 2.36. The first-order valence-electron chi connectivity index (χ1n) is 6.32. The second-order valence-corrected chi connectivity index (χ2v) is 5.04. The van der Waals surface area contributed by atoms with Crippen LogP contribution in [0, 0.1) is 5.41 Å². The molecule has 1 saturated carbocycles. The number of rotatable bonds is 5. The van der Waals surface area contributed by atoms with Crippen molar-refractivity contribution < 1.29 is 27.9 Å². The summed E-state index contributed by atoms with van der Waals surface area (Å²) in [5.41, 5.74) is -1.01. The van der Waals surface area contributed by atoms with Crippen LogP contribution in [-0.2, 0) is 9.59 Å². The molecule has 0 aliphatic heterocycles. The van der Waals surface area contributed by atoms with Crippen molar-refractivity contribution in [3.05, 3.63) is 0 Å². The van der Waals surface area contributed by atoms with E-state index in [2.05, 4.69) is 5.32 Å². The molecule has 0 aromatic rings. The fourth-order valence-corrected chi connectivity index (χ4v) is 2.31. The topological polar surface area (TPSA) is 66.4 Å². The van der Waals surface area contributed by atoms with Crippen LogP contribution in [0.2, 0.25) is 0 Å². The highest BCUT2D eigenvalue weighted by molar-refractivity contribution is 5.79. The number of hydrogen-bond acceptors (Lipinski definition) is 2. The van der Waals surface area contributed by atoms with Crippen LogP contribution in [-0.4, -0.2) is 29.7 Å². The van der Waals surface area contributed by atoms with Crippen molar-refractivity contribution in [2.75, 3.05) is 6.54 Å². The van der Waals surface area contributed by atoms with Crippen LogP contribution in [0.4, 0.5) is 13.2 Å². The third kappa shape index (κ3) is 5.08. The lowest BCUT2D eigenvalue weighted by atomic mass is 9.74. The van der Waals surface area contributed by atoms with Crippen LogP contribution in [0.15, 0.2) is 0 Å². The normalized spacial score (nSPS) is 18.9. The van der Waals surface area contributed by atoms with Crippen LogP contribution in [0.3, 0.4) is 0 Å². The van der Waals surface area contributed by atoms with Crippen LogP contribution in [0.5, 0.6) is 0 Å². The minimum atomic E-state index is -4.37. The van der Waals surface area contributed by atoms with Crippen LogP contribution in [0.1, 0.15) is 44.9 Å². The second kappa shape index (κ2) is 6.25. The summed E-state index contributed by atoms with van der Waals surface area (Å²) >= 11 is 0. The van der Waals surface area contributed by atoms with Crippen LogP contribution >= 0.6 is 0 Å². The zero-order valence-electron chi connectivity index (χ0n) is 10.6. The third-order valence-electron chi connectivity index (χ3n) is 3.52. The molecule has 1 aliphatic carbocycles. The lowest BCUT2D eigenvalue weighted by molar-refractivity contribution is -0.152. The molecule has 1 amide bonds. The Morgan fingerprint density at radius 3 is 2.21 bits per heavy atom. The highest BCUT2D eigenvalue weighted by atomic mass is 19.4. The number of carbonyl (C=O) groups excluding carboxylic acids is 1. The quantitative estimate of drug-likeness (QED) is 0.813. The Kier molecular flexibility index (Phi) is 5.20. The Labute approximate surface area is 109 Å². The number of carboxylic acids is 1.